The minimum Gasteiger partial charge on any atom is -0.497 e. The Hall–Kier alpha value is -3.85. The Bertz CT molecular complexity index is 1830. The first kappa shape index (κ1) is 33.5. The molecule has 246 valence electrons. The number of para-hydroxylation sites is 1. The number of phosphoric ester groups is 2. The Morgan fingerprint density at radius 3 is 2.59 bits per heavy atom. The molecule has 5 rings (SSSR count). The van der Waals surface area contributed by atoms with Crippen LogP contribution in [-0.4, -0.2) is 62.4 Å². The van der Waals surface area contributed by atoms with E-state index in [1.807, 2.05) is 6.07 Å². The molecule has 0 radical (unpaired) electrons. The van der Waals surface area contributed by atoms with Gasteiger partial charge in [-0.3, -0.25) is 23.3 Å². The van der Waals surface area contributed by atoms with Gasteiger partial charge >= 0.3 is 27.4 Å². The van der Waals surface area contributed by atoms with E-state index in [-0.39, 0.29) is 13.0 Å². The summed E-state index contributed by atoms with van der Waals surface area (Å²) < 4.78 is 57.8. The number of hydrogen-bond acceptors (Lipinski definition) is 11. The molecule has 0 aliphatic carbocycles. The zero-order valence-corrected chi connectivity index (χ0v) is 26.5. The number of amides is 1. The summed E-state index contributed by atoms with van der Waals surface area (Å²) in [6.45, 7) is 0.737. The second-order valence-electron chi connectivity index (χ2n) is 10.0. The predicted octanol–water partition coefficient (Wildman–Crippen LogP) is 4.74. The number of benzene rings is 2. The SMILES string of the molecule is CCCOP(=O)(O)OP(=O)(O)OCC1OC(n2ccc3nc(-c4cccc(OC)c4)cn3c2=O)CC1OC(=O)Nc1ccccc1. The number of hydrogen-bond donors (Lipinski definition) is 3. The van der Waals surface area contributed by atoms with Crippen LogP contribution in [0.3, 0.4) is 0 Å². The Morgan fingerprint density at radius 1 is 1.09 bits per heavy atom. The first-order valence-corrected chi connectivity index (χ1v) is 17.0. The van der Waals surface area contributed by atoms with Gasteiger partial charge in [-0.25, -0.2) is 23.7 Å². The topological polar surface area (TPSA) is 198 Å². The average Bonchev–Trinajstić information content (AvgIpc) is 3.64. The molecule has 0 saturated carbocycles. The van der Waals surface area contributed by atoms with Crippen LogP contribution in [0.5, 0.6) is 5.75 Å². The smallest absolute Gasteiger partial charge is 0.481 e. The number of fused-ring (bicyclic) bond motifs is 1. The largest absolute Gasteiger partial charge is 0.497 e. The highest BCUT2D eigenvalue weighted by Crippen LogP contribution is 2.60. The third kappa shape index (κ3) is 8.29. The van der Waals surface area contributed by atoms with E-state index in [0.29, 0.717) is 29.2 Å². The van der Waals surface area contributed by atoms with Crippen molar-refractivity contribution in [2.45, 2.75) is 38.2 Å². The quantitative estimate of drug-likeness (QED) is 0.164. The van der Waals surface area contributed by atoms with Gasteiger partial charge in [-0.15, -0.1) is 0 Å². The number of carbonyl (C=O) groups is 1. The molecule has 0 spiro atoms. The number of methoxy groups -OCH3 is 1. The Kier molecular flexibility index (Phi) is 10.4. The third-order valence-corrected chi connectivity index (χ3v) is 9.38. The highest BCUT2D eigenvalue weighted by atomic mass is 31.3. The molecular formula is C28H32N4O12P2. The van der Waals surface area contributed by atoms with Gasteiger partial charge in [0.05, 0.1) is 26.0 Å². The van der Waals surface area contributed by atoms with E-state index >= 15 is 0 Å². The molecule has 1 aliphatic rings. The van der Waals surface area contributed by atoms with Crippen LogP contribution in [0.25, 0.3) is 16.9 Å². The summed E-state index contributed by atoms with van der Waals surface area (Å²) in [5.41, 5.74) is 1.54. The van der Waals surface area contributed by atoms with Crippen molar-refractivity contribution in [3.05, 3.63) is 83.5 Å². The van der Waals surface area contributed by atoms with Crippen molar-refractivity contribution in [2.24, 2.45) is 0 Å². The minimum atomic E-state index is -5.15. The lowest BCUT2D eigenvalue weighted by atomic mass is 10.1. The van der Waals surface area contributed by atoms with Gasteiger partial charge in [0.25, 0.3) is 0 Å². The van der Waals surface area contributed by atoms with Crippen molar-refractivity contribution in [3.63, 3.8) is 0 Å². The molecule has 3 N–H and O–H groups in total. The molecule has 18 heteroatoms. The maximum atomic E-state index is 13.6. The van der Waals surface area contributed by atoms with E-state index < -0.39 is 52.5 Å². The fourth-order valence-corrected chi connectivity index (χ4v) is 6.81. The normalized spacial score (nSPS) is 20.6. The van der Waals surface area contributed by atoms with Crippen LogP contribution in [-0.2, 0) is 32.0 Å². The van der Waals surface area contributed by atoms with Gasteiger partial charge < -0.3 is 24.0 Å². The molecule has 3 heterocycles. The van der Waals surface area contributed by atoms with Gasteiger partial charge in [-0.05, 0) is 36.8 Å². The van der Waals surface area contributed by atoms with Gasteiger partial charge in [0.1, 0.15) is 29.8 Å². The number of nitrogens with zero attached hydrogens (tertiary/aromatic N) is 3. The number of ether oxygens (including phenoxy) is 3. The van der Waals surface area contributed by atoms with E-state index in [4.69, 9.17) is 18.7 Å². The van der Waals surface area contributed by atoms with E-state index in [9.17, 15) is 28.5 Å². The highest BCUT2D eigenvalue weighted by molar-refractivity contribution is 7.61. The minimum absolute atomic E-state index is 0.0617. The fourth-order valence-electron chi connectivity index (χ4n) is 4.64. The monoisotopic (exact) mass is 678 g/mol. The number of imidazole rings is 1. The number of phosphoric acid groups is 2. The molecule has 0 bridgehead atoms. The Morgan fingerprint density at radius 2 is 1.85 bits per heavy atom. The molecule has 16 nitrogen and oxygen atoms in total. The van der Waals surface area contributed by atoms with Crippen LogP contribution in [0.1, 0.15) is 26.0 Å². The van der Waals surface area contributed by atoms with Crippen LogP contribution in [0.15, 0.2) is 77.9 Å². The van der Waals surface area contributed by atoms with Gasteiger partial charge in [-0.1, -0.05) is 37.3 Å². The second kappa shape index (κ2) is 14.3. The summed E-state index contributed by atoms with van der Waals surface area (Å²) in [5, 5.41) is 2.57. The summed E-state index contributed by atoms with van der Waals surface area (Å²) in [4.78, 5) is 50.7. The Labute approximate surface area is 262 Å². The molecule has 2 aromatic carbocycles. The number of carbonyl (C=O) groups excluding carboxylic acids is 1. The van der Waals surface area contributed by atoms with Gasteiger partial charge in [-0.2, -0.15) is 4.31 Å². The van der Waals surface area contributed by atoms with Crippen molar-refractivity contribution >= 4 is 33.1 Å². The van der Waals surface area contributed by atoms with Gasteiger partial charge in [0.2, 0.25) is 0 Å². The van der Waals surface area contributed by atoms with Crippen LogP contribution in [0, 0.1) is 0 Å². The molecule has 4 aromatic rings. The molecule has 5 atom stereocenters. The standard InChI is InChI=1S/C28H32N4O12P2/c1-3-14-40-45(35,36)44-46(37,38)41-18-24-23(43-27(33)29-20-9-5-4-6-10-20)16-26(42-24)31-13-12-25-30-22(17-32(25)28(31)34)19-8-7-11-21(15-19)39-2/h4-13,15,17,23-24,26H,3,14,16,18H2,1-2H3,(H,29,33)(H,35,36)(H,37,38). The highest BCUT2D eigenvalue weighted by Gasteiger charge is 2.43. The molecule has 1 aliphatic heterocycles. The van der Waals surface area contributed by atoms with Gasteiger partial charge in [0.15, 0.2) is 0 Å². The van der Waals surface area contributed by atoms with E-state index in [1.165, 1.54) is 15.2 Å². The lowest BCUT2D eigenvalue weighted by Gasteiger charge is -2.21. The zero-order chi connectivity index (χ0) is 32.9. The average molecular weight is 679 g/mol. The summed E-state index contributed by atoms with van der Waals surface area (Å²) in [5.74, 6) is 0.620. The first-order chi connectivity index (χ1) is 22.0. The first-order valence-electron chi connectivity index (χ1n) is 14.1. The molecule has 46 heavy (non-hydrogen) atoms. The summed E-state index contributed by atoms with van der Waals surface area (Å²) in [7, 11) is -8.53. The molecule has 5 unspecified atom stereocenters. The second-order valence-corrected chi connectivity index (χ2v) is 13.1. The van der Waals surface area contributed by atoms with Crippen LogP contribution >= 0.6 is 15.6 Å². The van der Waals surface area contributed by atoms with Crippen LogP contribution in [0.4, 0.5) is 10.5 Å². The summed E-state index contributed by atoms with van der Waals surface area (Å²) >= 11 is 0. The van der Waals surface area contributed by atoms with Crippen molar-refractivity contribution in [2.75, 3.05) is 25.6 Å². The maximum Gasteiger partial charge on any atom is 0.481 e. The zero-order valence-electron chi connectivity index (χ0n) is 24.7. The van der Waals surface area contributed by atoms with Crippen molar-refractivity contribution in [1.29, 1.82) is 0 Å². The predicted molar refractivity (Wildman–Crippen MR) is 163 cm³/mol. The molecule has 1 fully saturated rings. The lowest BCUT2D eigenvalue weighted by molar-refractivity contribution is -0.0464. The molecule has 1 amide bonds. The molecular weight excluding hydrogens is 646 g/mol. The lowest BCUT2D eigenvalue weighted by Crippen LogP contribution is -2.32. The number of anilines is 1. The van der Waals surface area contributed by atoms with Crippen molar-refractivity contribution in [3.8, 4) is 17.0 Å². The third-order valence-electron chi connectivity index (χ3n) is 6.75. The molecule has 2 aromatic heterocycles. The maximum absolute atomic E-state index is 13.6. The van der Waals surface area contributed by atoms with E-state index in [1.54, 1.807) is 74.8 Å². The van der Waals surface area contributed by atoms with Gasteiger partial charge in [0, 0.05) is 30.1 Å². The fraction of sp³-hybridized carbons (Fsp3) is 0.321. The number of aromatic nitrogens is 3. The van der Waals surface area contributed by atoms with Crippen molar-refractivity contribution < 1.29 is 51.3 Å². The number of rotatable bonds is 13. The van der Waals surface area contributed by atoms with Crippen molar-refractivity contribution in [1.82, 2.24) is 14.0 Å². The Balaban J connectivity index is 1.36. The summed E-state index contributed by atoms with van der Waals surface area (Å²) in [6, 6.07) is 17.3. The van der Waals surface area contributed by atoms with Crippen LogP contribution < -0.4 is 15.7 Å². The summed E-state index contributed by atoms with van der Waals surface area (Å²) in [6.07, 6.45) is -0.867. The van der Waals surface area contributed by atoms with E-state index in [2.05, 4.69) is 19.1 Å². The van der Waals surface area contributed by atoms with E-state index in [0.717, 1.165) is 5.56 Å². The molecule has 1 saturated heterocycles. The van der Waals surface area contributed by atoms with Crippen LogP contribution in [0.2, 0.25) is 0 Å². The number of nitrogens with one attached hydrogen (secondary N) is 1.